The van der Waals surface area contributed by atoms with Crippen LogP contribution in [0.5, 0.6) is 0 Å². The Morgan fingerprint density at radius 3 is 1.24 bits per heavy atom. The lowest BCUT2D eigenvalue weighted by Crippen LogP contribution is -2.60. The fraction of sp³-hybridized carbons (Fsp3) is 0.857. The number of halogens is 13. The minimum atomic E-state index is -7.45. The van der Waals surface area contributed by atoms with Gasteiger partial charge in [0.05, 0.1) is 0 Å². The summed E-state index contributed by atoms with van der Waals surface area (Å²) in [6.07, 6.45) is -35.1. The van der Waals surface area contributed by atoms with E-state index in [0.29, 0.717) is 0 Å². The molecule has 5 nitrogen and oxygen atoms in total. The van der Waals surface area contributed by atoms with Crippen molar-refractivity contribution in [3.63, 3.8) is 0 Å². The molecule has 0 aliphatic heterocycles. The zero-order valence-corrected chi connectivity index (χ0v) is 10.8. The SMILES string of the molecule is N.O=C(O)C(F)(F)OC(F)(F)C(F)(F)OC(F)(F)C(F)(F)C(F)(F)F. The molecule has 0 saturated heterocycles. The maximum Gasteiger partial charge on any atom is 0.462 e. The van der Waals surface area contributed by atoms with Crippen LogP contribution >= 0.6 is 0 Å². The van der Waals surface area contributed by atoms with Crippen molar-refractivity contribution in [2.75, 3.05) is 0 Å². The minimum Gasteiger partial charge on any atom is -0.475 e. The zero-order chi connectivity index (χ0) is 20.0. The van der Waals surface area contributed by atoms with Gasteiger partial charge in [0, 0.05) is 0 Å². The number of rotatable bonds is 7. The first kappa shape index (κ1) is 25.7. The molecule has 0 amide bonds. The maximum absolute atomic E-state index is 12.6. The first-order valence-corrected chi connectivity index (χ1v) is 4.70. The molecule has 0 spiro atoms. The summed E-state index contributed by atoms with van der Waals surface area (Å²) in [7, 11) is 0. The largest absolute Gasteiger partial charge is 0.475 e. The predicted molar refractivity (Wildman–Crippen MR) is 45.6 cm³/mol. The molecule has 0 heterocycles. The highest BCUT2D eigenvalue weighted by molar-refractivity contribution is 5.73. The number of alkyl halides is 13. The molecule has 0 saturated carbocycles. The van der Waals surface area contributed by atoms with Crippen LogP contribution in [0.4, 0.5) is 57.1 Å². The minimum absolute atomic E-state index is 0. The van der Waals surface area contributed by atoms with Crippen LogP contribution in [0.2, 0.25) is 0 Å². The number of hydrogen-bond acceptors (Lipinski definition) is 4. The Hall–Kier alpha value is -1.56. The van der Waals surface area contributed by atoms with Crippen LogP contribution in [-0.4, -0.2) is 47.6 Å². The molecule has 0 aromatic heterocycles. The van der Waals surface area contributed by atoms with Crippen LogP contribution in [-0.2, 0) is 14.3 Å². The van der Waals surface area contributed by atoms with Gasteiger partial charge in [-0.15, -0.1) is 0 Å². The molecule has 0 aliphatic rings. The van der Waals surface area contributed by atoms with Crippen molar-refractivity contribution >= 4 is 5.97 Å². The van der Waals surface area contributed by atoms with E-state index in [1.165, 1.54) is 4.74 Å². The molecule has 0 bridgehead atoms. The van der Waals surface area contributed by atoms with Gasteiger partial charge in [0.25, 0.3) is 0 Å². The summed E-state index contributed by atoms with van der Waals surface area (Å²) >= 11 is 0. The van der Waals surface area contributed by atoms with Crippen LogP contribution in [0.15, 0.2) is 0 Å². The number of ether oxygens (including phenoxy) is 2. The van der Waals surface area contributed by atoms with Crippen LogP contribution in [0.3, 0.4) is 0 Å². The van der Waals surface area contributed by atoms with E-state index < -0.39 is 42.5 Å². The summed E-state index contributed by atoms with van der Waals surface area (Å²) in [5, 5.41) is 7.63. The van der Waals surface area contributed by atoms with Gasteiger partial charge >= 0.3 is 42.5 Å². The Balaban J connectivity index is 0. The molecule has 18 heteroatoms. The van der Waals surface area contributed by atoms with Gasteiger partial charge in [-0.3, -0.25) is 0 Å². The highest BCUT2D eigenvalue weighted by Gasteiger charge is 2.79. The standard InChI is InChI=1S/C7HF13O4.H3N/c8-2(9,1(21)22)23-6(17,18)7(19,20)24-5(15,16)3(10,11)4(12,13)14;/h(H,21,22);1H3. The van der Waals surface area contributed by atoms with Crippen LogP contribution in [0.1, 0.15) is 0 Å². The Bertz CT molecular complexity index is 487. The predicted octanol–water partition coefficient (Wildman–Crippen LogP) is 3.83. The first-order chi connectivity index (χ1) is 10.1. The van der Waals surface area contributed by atoms with E-state index in [0.717, 1.165) is 0 Å². The second kappa shape index (κ2) is 6.63. The lowest BCUT2D eigenvalue weighted by molar-refractivity contribution is -0.536. The molecule has 4 N–H and O–H groups in total. The number of carboxylic acids is 1. The third-order valence-electron chi connectivity index (χ3n) is 1.82. The topological polar surface area (TPSA) is 90.8 Å². The first-order valence-electron chi connectivity index (χ1n) is 4.70. The number of aliphatic carboxylic acids is 1. The monoisotopic (exact) mass is 413 g/mol. The molecule has 0 fully saturated rings. The zero-order valence-electron chi connectivity index (χ0n) is 10.8. The third-order valence-corrected chi connectivity index (χ3v) is 1.82. The van der Waals surface area contributed by atoms with Crippen molar-refractivity contribution in [2.45, 2.75) is 36.5 Å². The quantitative estimate of drug-likeness (QED) is 0.620. The van der Waals surface area contributed by atoms with Crippen LogP contribution < -0.4 is 6.15 Å². The van der Waals surface area contributed by atoms with Gasteiger partial charge in [-0.2, -0.15) is 57.1 Å². The van der Waals surface area contributed by atoms with Crippen LogP contribution in [0.25, 0.3) is 0 Å². The summed E-state index contributed by atoms with van der Waals surface area (Å²) in [6.45, 7) is 0. The summed E-state index contributed by atoms with van der Waals surface area (Å²) in [5.74, 6) is -11.1. The summed E-state index contributed by atoms with van der Waals surface area (Å²) < 4.78 is 162. The van der Waals surface area contributed by atoms with Gasteiger partial charge in [0.15, 0.2) is 0 Å². The normalized spacial score (nSPS) is 14.9. The molecule has 0 aliphatic carbocycles. The molecule has 0 rings (SSSR count). The summed E-state index contributed by atoms with van der Waals surface area (Å²) in [4.78, 5) is 9.69. The van der Waals surface area contributed by atoms with E-state index in [4.69, 9.17) is 5.11 Å². The van der Waals surface area contributed by atoms with Gasteiger partial charge in [0.1, 0.15) is 0 Å². The van der Waals surface area contributed by atoms with Crippen molar-refractivity contribution in [3.8, 4) is 0 Å². The lowest BCUT2D eigenvalue weighted by atomic mass is 10.3. The van der Waals surface area contributed by atoms with Crippen molar-refractivity contribution < 1.29 is 76.5 Å². The van der Waals surface area contributed by atoms with E-state index in [-0.39, 0.29) is 6.15 Å². The fourth-order valence-corrected chi connectivity index (χ4v) is 0.714. The van der Waals surface area contributed by atoms with Gasteiger partial charge in [0.2, 0.25) is 0 Å². The smallest absolute Gasteiger partial charge is 0.462 e. The molecule has 25 heavy (non-hydrogen) atoms. The third kappa shape index (κ3) is 4.97. The number of carboxylic acid groups (broad SMARTS) is 1. The van der Waals surface area contributed by atoms with E-state index in [9.17, 15) is 61.9 Å². The summed E-state index contributed by atoms with van der Waals surface area (Å²) in [6, 6.07) is 0. The van der Waals surface area contributed by atoms with Crippen molar-refractivity contribution in [1.82, 2.24) is 6.15 Å². The van der Waals surface area contributed by atoms with E-state index >= 15 is 0 Å². The van der Waals surface area contributed by atoms with Crippen molar-refractivity contribution in [1.29, 1.82) is 0 Å². The second-order valence-electron chi connectivity index (χ2n) is 3.65. The molecule has 0 radical (unpaired) electrons. The molecule has 0 aromatic rings. The average Bonchev–Trinajstić information content (AvgIpc) is 2.23. The molecule has 152 valence electrons. The molecular formula is C7H4F13NO4. The fourth-order valence-electron chi connectivity index (χ4n) is 0.714. The van der Waals surface area contributed by atoms with Crippen LogP contribution in [0, 0.1) is 0 Å². The Labute approximate surface area is 126 Å². The highest BCUT2D eigenvalue weighted by Crippen LogP contribution is 2.51. The number of hydrogen-bond donors (Lipinski definition) is 2. The van der Waals surface area contributed by atoms with Gasteiger partial charge in [-0.25, -0.2) is 14.3 Å². The average molecular weight is 413 g/mol. The van der Waals surface area contributed by atoms with Gasteiger partial charge in [-0.1, -0.05) is 0 Å². The Morgan fingerprint density at radius 2 is 0.960 bits per heavy atom. The van der Waals surface area contributed by atoms with Gasteiger partial charge < -0.3 is 11.3 Å². The Morgan fingerprint density at radius 1 is 0.640 bits per heavy atom. The lowest BCUT2D eigenvalue weighted by Gasteiger charge is -2.33. The van der Waals surface area contributed by atoms with E-state index in [1.54, 1.807) is 4.74 Å². The highest BCUT2D eigenvalue weighted by atomic mass is 19.4. The second-order valence-corrected chi connectivity index (χ2v) is 3.65. The van der Waals surface area contributed by atoms with E-state index in [1.807, 2.05) is 0 Å². The van der Waals surface area contributed by atoms with E-state index in [2.05, 4.69) is 0 Å². The molecular weight excluding hydrogens is 409 g/mol. The van der Waals surface area contributed by atoms with Crippen molar-refractivity contribution in [3.05, 3.63) is 0 Å². The van der Waals surface area contributed by atoms with Crippen molar-refractivity contribution in [2.24, 2.45) is 0 Å². The summed E-state index contributed by atoms with van der Waals surface area (Å²) in [5.41, 5.74) is 0. The molecule has 0 aromatic carbocycles. The molecule has 0 atom stereocenters. The Kier molecular flexibility index (Phi) is 6.81. The number of carbonyl (C=O) groups is 1. The van der Waals surface area contributed by atoms with Gasteiger partial charge in [-0.05, 0) is 0 Å². The molecule has 0 unspecified atom stereocenters. The maximum atomic E-state index is 12.6.